The number of amides is 1. The molecule has 1 aliphatic heterocycles. The maximum atomic E-state index is 11.1. The number of unbranched alkanes of at least 4 members (excludes halogenated alkanes) is 1. The van der Waals surface area contributed by atoms with Crippen molar-refractivity contribution in [1.82, 2.24) is 5.32 Å². The molecule has 0 aliphatic carbocycles. The van der Waals surface area contributed by atoms with Crippen LogP contribution in [0.15, 0.2) is 11.5 Å². The smallest absolute Gasteiger partial charge is 0.407 e. The normalized spacial score (nSPS) is 22.6. The fourth-order valence-corrected chi connectivity index (χ4v) is 2.40. The average Bonchev–Trinajstić information content (AvgIpc) is 2.46. The lowest BCUT2D eigenvalue weighted by Crippen LogP contribution is -2.36. The Morgan fingerprint density at radius 3 is 2.87 bits per heavy atom. The summed E-state index contributed by atoms with van der Waals surface area (Å²) in [5, 5.41) is 3.58. The number of hydrogen-bond donors (Lipinski definition) is 1. The van der Waals surface area contributed by atoms with E-state index in [1.54, 1.807) is 0 Å². The second kappa shape index (κ2) is 5.16. The van der Waals surface area contributed by atoms with E-state index in [1.165, 1.54) is 6.08 Å². The van der Waals surface area contributed by atoms with Crippen molar-refractivity contribution in [2.45, 2.75) is 25.8 Å². The number of alkyl carbamates (subject to hydrolysis) is 1. The Morgan fingerprint density at radius 1 is 1.60 bits per heavy atom. The van der Waals surface area contributed by atoms with Gasteiger partial charge in [-0.2, -0.15) is 0 Å². The molecule has 0 fully saturated rings. The largest absolute Gasteiger partial charge is 0.450 e. The van der Waals surface area contributed by atoms with E-state index >= 15 is 0 Å². The van der Waals surface area contributed by atoms with Crippen molar-refractivity contribution in [2.75, 3.05) is 12.4 Å². The van der Waals surface area contributed by atoms with E-state index in [-0.39, 0.29) is 5.75 Å². The minimum Gasteiger partial charge on any atom is -0.450 e. The molecule has 0 unspecified atom stereocenters. The zero-order valence-electron chi connectivity index (χ0n) is 8.60. The molecule has 1 heterocycles. The first kappa shape index (κ1) is 12.0. The summed E-state index contributed by atoms with van der Waals surface area (Å²) in [4.78, 5) is 11.1. The summed E-state index contributed by atoms with van der Waals surface area (Å²) < 4.78 is 26.8. The number of carbonyl (C=O) groups is 1. The van der Waals surface area contributed by atoms with Crippen LogP contribution in [-0.2, 0) is 14.6 Å². The molecule has 86 valence electrons. The van der Waals surface area contributed by atoms with Gasteiger partial charge in [-0.3, -0.25) is 0 Å². The Hall–Kier alpha value is -1.04. The van der Waals surface area contributed by atoms with Gasteiger partial charge in [0, 0.05) is 5.41 Å². The van der Waals surface area contributed by atoms with Crippen LogP contribution < -0.4 is 5.32 Å². The molecule has 1 atom stereocenters. The van der Waals surface area contributed by atoms with Crippen LogP contribution in [0.5, 0.6) is 0 Å². The summed E-state index contributed by atoms with van der Waals surface area (Å²) in [5.41, 5.74) is 0. The molecule has 1 rings (SSSR count). The van der Waals surface area contributed by atoms with Crippen molar-refractivity contribution < 1.29 is 17.9 Å². The molecule has 1 N–H and O–H groups in total. The second-order valence-corrected chi connectivity index (χ2v) is 5.33. The molecule has 1 amide bonds. The van der Waals surface area contributed by atoms with Crippen LogP contribution in [-0.4, -0.2) is 32.9 Å². The van der Waals surface area contributed by atoms with Crippen molar-refractivity contribution in [2.24, 2.45) is 0 Å². The highest BCUT2D eigenvalue weighted by Gasteiger charge is 2.23. The highest BCUT2D eigenvalue weighted by Crippen LogP contribution is 2.07. The van der Waals surface area contributed by atoms with E-state index in [1.807, 2.05) is 6.92 Å². The van der Waals surface area contributed by atoms with Crippen molar-refractivity contribution in [3.63, 3.8) is 0 Å². The zero-order valence-corrected chi connectivity index (χ0v) is 9.42. The van der Waals surface area contributed by atoms with Crippen LogP contribution in [0.25, 0.3) is 0 Å². The highest BCUT2D eigenvalue weighted by atomic mass is 32.2. The van der Waals surface area contributed by atoms with Crippen LogP contribution in [0, 0.1) is 0 Å². The van der Waals surface area contributed by atoms with Gasteiger partial charge in [-0.05, 0) is 12.5 Å². The Kier molecular flexibility index (Phi) is 4.14. The van der Waals surface area contributed by atoms with Gasteiger partial charge in [0.2, 0.25) is 0 Å². The first-order valence-corrected chi connectivity index (χ1v) is 6.59. The van der Waals surface area contributed by atoms with Crippen molar-refractivity contribution in [3.8, 4) is 0 Å². The van der Waals surface area contributed by atoms with Gasteiger partial charge in [0.25, 0.3) is 0 Å². The molecule has 0 saturated heterocycles. The van der Waals surface area contributed by atoms with E-state index < -0.39 is 22.0 Å². The highest BCUT2D eigenvalue weighted by molar-refractivity contribution is 7.94. The minimum atomic E-state index is -3.12. The van der Waals surface area contributed by atoms with E-state index in [4.69, 9.17) is 4.74 Å². The molecule has 0 aromatic heterocycles. The molecule has 0 radical (unpaired) electrons. The second-order valence-electron chi connectivity index (χ2n) is 3.40. The molecule has 0 bridgehead atoms. The number of carbonyl (C=O) groups excluding carboxylic acids is 1. The molecule has 0 aromatic rings. The van der Waals surface area contributed by atoms with Crippen LogP contribution in [0.4, 0.5) is 4.79 Å². The molecule has 0 spiro atoms. The number of hydrogen-bond acceptors (Lipinski definition) is 4. The van der Waals surface area contributed by atoms with Gasteiger partial charge in [-0.25, -0.2) is 13.2 Å². The standard InChI is InChI=1S/C9H15NO4S/c1-2-3-5-14-9(11)10-8-4-6-15(12,13)7-8/h4,6,8H,2-3,5,7H2,1H3,(H,10,11)/t8-/m1/s1. The lowest BCUT2D eigenvalue weighted by Gasteiger charge is -2.09. The number of rotatable bonds is 4. The average molecular weight is 233 g/mol. The Labute approximate surface area is 89.4 Å². The van der Waals surface area contributed by atoms with Gasteiger partial charge in [0.1, 0.15) is 0 Å². The first-order valence-electron chi connectivity index (χ1n) is 4.88. The Bertz CT molecular complexity index is 347. The van der Waals surface area contributed by atoms with Crippen molar-refractivity contribution in [1.29, 1.82) is 0 Å². The fourth-order valence-electron chi connectivity index (χ4n) is 1.17. The Morgan fingerprint density at radius 2 is 2.33 bits per heavy atom. The molecule has 5 nitrogen and oxygen atoms in total. The summed E-state index contributed by atoms with van der Waals surface area (Å²) in [6.45, 7) is 2.36. The van der Waals surface area contributed by atoms with E-state index in [2.05, 4.69) is 5.32 Å². The van der Waals surface area contributed by atoms with Gasteiger partial charge in [0.05, 0.1) is 18.4 Å². The van der Waals surface area contributed by atoms with Gasteiger partial charge in [-0.1, -0.05) is 13.3 Å². The molecule has 0 aromatic carbocycles. The summed E-state index contributed by atoms with van der Waals surface area (Å²) in [7, 11) is -3.12. The van der Waals surface area contributed by atoms with Crippen LogP contribution >= 0.6 is 0 Å². The van der Waals surface area contributed by atoms with Crippen LogP contribution in [0.3, 0.4) is 0 Å². The summed E-state index contributed by atoms with van der Waals surface area (Å²) in [6.07, 6.45) is 2.66. The van der Waals surface area contributed by atoms with Gasteiger partial charge < -0.3 is 10.1 Å². The maximum absolute atomic E-state index is 11.1. The third-order valence-electron chi connectivity index (χ3n) is 1.96. The minimum absolute atomic E-state index is 0.0735. The van der Waals surface area contributed by atoms with E-state index in [0.29, 0.717) is 6.61 Å². The van der Waals surface area contributed by atoms with E-state index in [9.17, 15) is 13.2 Å². The van der Waals surface area contributed by atoms with E-state index in [0.717, 1.165) is 18.2 Å². The summed E-state index contributed by atoms with van der Waals surface area (Å²) in [5.74, 6) is -0.0735. The van der Waals surface area contributed by atoms with Crippen molar-refractivity contribution in [3.05, 3.63) is 11.5 Å². The zero-order chi connectivity index (χ0) is 11.3. The third-order valence-corrected chi connectivity index (χ3v) is 3.36. The van der Waals surface area contributed by atoms with Gasteiger partial charge in [-0.15, -0.1) is 0 Å². The third kappa shape index (κ3) is 4.33. The molecule has 0 saturated carbocycles. The Balaban J connectivity index is 2.26. The van der Waals surface area contributed by atoms with Crippen LogP contribution in [0.1, 0.15) is 19.8 Å². The topological polar surface area (TPSA) is 72.5 Å². The number of sulfone groups is 1. The molecule has 1 aliphatic rings. The lowest BCUT2D eigenvalue weighted by atomic mass is 10.3. The fraction of sp³-hybridized carbons (Fsp3) is 0.667. The maximum Gasteiger partial charge on any atom is 0.407 e. The van der Waals surface area contributed by atoms with Crippen molar-refractivity contribution >= 4 is 15.9 Å². The number of nitrogens with one attached hydrogen (secondary N) is 1. The van der Waals surface area contributed by atoms with Gasteiger partial charge >= 0.3 is 6.09 Å². The molecular formula is C9H15NO4S. The monoisotopic (exact) mass is 233 g/mol. The predicted molar refractivity (Wildman–Crippen MR) is 56.1 cm³/mol. The molecule has 15 heavy (non-hydrogen) atoms. The number of ether oxygens (including phenoxy) is 1. The molecule has 6 heteroatoms. The SMILES string of the molecule is CCCCOC(=O)N[C@@H]1C=CS(=O)(=O)C1. The predicted octanol–water partition coefficient (Wildman–Crippen LogP) is 0.823. The van der Waals surface area contributed by atoms with Crippen LogP contribution in [0.2, 0.25) is 0 Å². The summed E-state index contributed by atoms with van der Waals surface area (Å²) in [6, 6.07) is -0.455. The lowest BCUT2D eigenvalue weighted by molar-refractivity contribution is 0.143. The summed E-state index contributed by atoms with van der Waals surface area (Å²) >= 11 is 0. The molecular weight excluding hydrogens is 218 g/mol. The quantitative estimate of drug-likeness (QED) is 0.730. The van der Waals surface area contributed by atoms with Gasteiger partial charge in [0.15, 0.2) is 9.84 Å². The first-order chi connectivity index (χ1) is 7.03.